The first-order chi connectivity index (χ1) is 15.5. The lowest BCUT2D eigenvalue weighted by Crippen LogP contribution is -2.53. The van der Waals surface area contributed by atoms with Gasteiger partial charge in [-0.2, -0.15) is 0 Å². The van der Waals surface area contributed by atoms with Crippen molar-refractivity contribution in [1.29, 1.82) is 0 Å². The summed E-state index contributed by atoms with van der Waals surface area (Å²) in [6.45, 7) is 9.73. The first-order valence-corrected chi connectivity index (χ1v) is 12.8. The molecule has 0 aromatic heterocycles. The monoisotopic (exact) mass is 450 g/mol. The van der Waals surface area contributed by atoms with Crippen LogP contribution in [0.5, 0.6) is 0 Å². The average molecular weight is 451 g/mol. The van der Waals surface area contributed by atoms with E-state index in [-0.39, 0.29) is 24.3 Å². The molecule has 4 rings (SSSR count). The number of likely N-dealkylation sites (tertiary alicyclic amines) is 1. The number of piperazine rings is 1. The van der Waals surface area contributed by atoms with E-state index in [0.717, 1.165) is 57.6 Å². The maximum absolute atomic E-state index is 12.5. The summed E-state index contributed by atoms with van der Waals surface area (Å²) >= 11 is 0. The maximum Gasteiger partial charge on any atom is 0.411 e. The van der Waals surface area contributed by atoms with E-state index in [9.17, 15) is 9.59 Å². The van der Waals surface area contributed by atoms with Gasteiger partial charge in [0.15, 0.2) is 6.23 Å². The van der Waals surface area contributed by atoms with E-state index in [2.05, 4.69) is 21.6 Å². The Morgan fingerprint density at radius 1 is 0.969 bits per heavy atom. The molecular weight excluding hydrogens is 408 g/mol. The molecule has 1 aliphatic carbocycles. The second kappa shape index (κ2) is 11.2. The quantitative estimate of drug-likeness (QED) is 0.374. The zero-order valence-electron chi connectivity index (χ0n) is 20.0. The number of amides is 1. The molecule has 2 unspecified atom stereocenters. The molecular formula is C24H42N4O4. The van der Waals surface area contributed by atoms with Gasteiger partial charge in [0, 0.05) is 45.3 Å². The van der Waals surface area contributed by atoms with Crippen LogP contribution in [0, 0.1) is 5.92 Å². The van der Waals surface area contributed by atoms with Crippen LogP contribution < -0.4 is 0 Å². The molecule has 4 fully saturated rings. The molecule has 0 aromatic rings. The van der Waals surface area contributed by atoms with Gasteiger partial charge in [-0.3, -0.25) is 9.69 Å². The Hall–Kier alpha value is -1.38. The molecule has 3 aliphatic heterocycles. The number of hydrogen-bond donors (Lipinski definition) is 0. The van der Waals surface area contributed by atoms with Crippen LogP contribution in [0.25, 0.3) is 0 Å². The van der Waals surface area contributed by atoms with Crippen molar-refractivity contribution in [1.82, 2.24) is 19.6 Å². The number of cyclic esters (lactones) is 1. The van der Waals surface area contributed by atoms with Crippen LogP contribution in [0.2, 0.25) is 0 Å². The summed E-state index contributed by atoms with van der Waals surface area (Å²) < 4.78 is 10.5. The number of hydrogen-bond acceptors (Lipinski definition) is 7. The number of methoxy groups -OCH3 is 1. The number of carbonyl (C=O) groups excluding carboxylic acids is 2. The summed E-state index contributed by atoms with van der Waals surface area (Å²) in [5.74, 6) is 0.710. The van der Waals surface area contributed by atoms with E-state index >= 15 is 0 Å². The summed E-state index contributed by atoms with van der Waals surface area (Å²) in [5, 5.41) is 0. The van der Waals surface area contributed by atoms with Crippen molar-refractivity contribution < 1.29 is 19.1 Å². The number of nitrogens with zero attached hydrogens (tertiary/aromatic N) is 4. The third-order valence-electron chi connectivity index (χ3n) is 7.96. The Morgan fingerprint density at radius 2 is 1.69 bits per heavy atom. The van der Waals surface area contributed by atoms with Gasteiger partial charge in [-0.25, -0.2) is 4.79 Å². The first-order valence-electron chi connectivity index (χ1n) is 12.8. The molecule has 3 heterocycles. The molecule has 0 bridgehead atoms. The molecule has 182 valence electrons. The van der Waals surface area contributed by atoms with Crippen LogP contribution in [0.15, 0.2) is 0 Å². The van der Waals surface area contributed by atoms with Gasteiger partial charge in [0.25, 0.3) is 0 Å². The van der Waals surface area contributed by atoms with Crippen LogP contribution in [0.3, 0.4) is 0 Å². The number of unbranched alkanes of at least 4 members (excludes halogenated alkanes) is 1. The van der Waals surface area contributed by atoms with Crippen molar-refractivity contribution in [3.63, 3.8) is 0 Å². The van der Waals surface area contributed by atoms with Gasteiger partial charge >= 0.3 is 12.1 Å². The third kappa shape index (κ3) is 6.14. The van der Waals surface area contributed by atoms with Crippen LogP contribution in [0.4, 0.5) is 4.79 Å². The van der Waals surface area contributed by atoms with E-state index in [4.69, 9.17) is 9.47 Å². The topological polar surface area (TPSA) is 65.6 Å². The molecule has 1 amide bonds. The summed E-state index contributed by atoms with van der Waals surface area (Å²) in [6.07, 6.45) is 9.22. The van der Waals surface area contributed by atoms with Gasteiger partial charge in [0.05, 0.1) is 19.6 Å². The molecule has 8 nitrogen and oxygen atoms in total. The summed E-state index contributed by atoms with van der Waals surface area (Å²) in [6, 6.07) is 1.00. The largest absolute Gasteiger partial charge is 0.469 e. The van der Waals surface area contributed by atoms with E-state index in [0.29, 0.717) is 6.42 Å². The Bertz CT molecular complexity index is 627. The SMILES string of the molecule is COC(=O)CCN1CCN(C2OC(=O)N(CCCCC3CCN(C4CC4)CC3)C2C)CC1. The Labute approximate surface area is 193 Å². The number of piperidine rings is 1. The van der Waals surface area contributed by atoms with Gasteiger partial charge in [-0.15, -0.1) is 0 Å². The number of ether oxygens (including phenoxy) is 2. The lowest BCUT2D eigenvalue weighted by molar-refractivity contribution is -0.141. The van der Waals surface area contributed by atoms with Crippen molar-refractivity contribution in [2.24, 2.45) is 5.92 Å². The molecule has 8 heteroatoms. The highest BCUT2D eigenvalue weighted by molar-refractivity contribution is 5.70. The van der Waals surface area contributed by atoms with Gasteiger partial charge in [0.1, 0.15) is 0 Å². The molecule has 0 spiro atoms. The lowest BCUT2D eigenvalue weighted by Gasteiger charge is -2.38. The summed E-state index contributed by atoms with van der Waals surface area (Å²) in [5.41, 5.74) is 0. The molecule has 32 heavy (non-hydrogen) atoms. The zero-order chi connectivity index (χ0) is 22.5. The molecule has 4 aliphatic rings. The van der Waals surface area contributed by atoms with Crippen LogP contribution in [0.1, 0.15) is 58.3 Å². The van der Waals surface area contributed by atoms with E-state index in [1.807, 2.05) is 4.90 Å². The van der Waals surface area contributed by atoms with E-state index in [1.54, 1.807) is 0 Å². The minimum absolute atomic E-state index is 0.0888. The normalized spacial score (nSPS) is 28.8. The average Bonchev–Trinajstić information content (AvgIpc) is 3.63. The predicted octanol–water partition coefficient (Wildman–Crippen LogP) is 2.38. The van der Waals surface area contributed by atoms with Gasteiger partial charge in [0.2, 0.25) is 0 Å². The number of carbonyl (C=O) groups is 2. The molecule has 2 atom stereocenters. The third-order valence-corrected chi connectivity index (χ3v) is 7.96. The Kier molecular flexibility index (Phi) is 8.29. The van der Waals surface area contributed by atoms with Crippen molar-refractivity contribution in [2.75, 3.05) is 59.5 Å². The second-order valence-electron chi connectivity index (χ2n) is 10.1. The Balaban J connectivity index is 1.12. The predicted molar refractivity (Wildman–Crippen MR) is 122 cm³/mol. The van der Waals surface area contributed by atoms with Crippen molar-refractivity contribution in [2.45, 2.75) is 76.6 Å². The van der Waals surface area contributed by atoms with Crippen LogP contribution in [-0.4, -0.2) is 109 Å². The van der Waals surface area contributed by atoms with Crippen LogP contribution >= 0.6 is 0 Å². The number of esters is 1. The summed E-state index contributed by atoms with van der Waals surface area (Å²) in [7, 11) is 1.43. The first kappa shape index (κ1) is 23.8. The maximum atomic E-state index is 12.5. The molecule has 0 N–H and O–H groups in total. The van der Waals surface area contributed by atoms with Crippen LogP contribution in [-0.2, 0) is 14.3 Å². The highest BCUT2D eigenvalue weighted by Gasteiger charge is 2.42. The minimum Gasteiger partial charge on any atom is -0.469 e. The Morgan fingerprint density at radius 3 is 2.34 bits per heavy atom. The van der Waals surface area contributed by atoms with E-state index < -0.39 is 0 Å². The zero-order valence-corrected chi connectivity index (χ0v) is 20.0. The highest BCUT2D eigenvalue weighted by Crippen LogP contribution is 2.32. The molecule has 1 saturated carbocycles. The van der Waals surface area contributed by atoms with Gasteiger partial charge in [-0.1, -0.05) is 12.8 Å². The molecule has 0 radical (unpaired) electrons. The minimum atomic E-state index is -0.162. The van der Waals surface area contributed by atoms with Crippen molar-refractivity contribution in [3.8, 4) is 0 Å². The van der Waals surface area contributed by atoms with Gasteiger partial charge in [-0.05, 0) is 58.0 Å². The smallest absolute Gasteiger partial charge is 0.411 e. The highest BCUT2D eigenvalue weighted by atomic mass is 16.6. The fourth-order valence-electron chi connectivity index (χ4n) is 5.62. The standard InChI is InChI=1S/C24H42N4O4/c1-19-23(27-17-15-25(16-18-27)12-10-22(29)31-2)32-24(30)28(19)11-4-3-5-20-8-13-26(14-9-20)21-6-7-21/h19-21,23H,3-18H2,1-2H3. The van der Waals surface area contributed by atoms with E-state index in [1.165, 1.54) is 58.7 Å². The second-order valence-corrected chi connectivity index (χ2v) is 10.1. The molecule has 0 aromatic carbocycles. The van der Waals surface area contributed by atoms with Crippen molar-refractivity contribution in [3.05, 3.63) is 0 Å². The van der Waals surface area contributed by atoms with Crippen molar-refractivity contribution >= 4 is 12.1 Å². The fraction of sp³-hybridized carbons (Fsp3) is 0.917. The number of rotatable bonds is 10. The van der Waals surface area contributed by atoms with Gasteiger partial charge < -0.3 is 24.2 Å². The lowest BCUT2D eigenvalue weighted by atomic mass is 9.91. The summed E-state index contributed by atoms with van der Waals surface area (Å²) in [4.78, 5) is 33.1. The fourth-order valence-corrected chi connectivity index (χ4v) is 5.62. The molecule has 3 saturated heterocycles.